The van der Waals surface area contributed by atoms with Gasteiger partial charge >= 0.3 is 0 Å². The molecule has 2 aliphatic carbocycles. The van der Waals surface area contributed by atoms with Crippen molar-refractivity contribution in [2.24, 2.45) is 0 Å². The first-order valence-corrected chi connectivity index (χ1v) is 9.86. The molecule has 1 aromatic heterocycles. The number of carbonyl (C=O) groups is 1. The van der Waals surface area contributed by atoms with Crippen molar-refractivity contribution in [1.82, 2.24) is 9.88 Å². The van der Waals surface area contributed by atoms with Gasteiger partial charge in [-0.15, -0.1) is 0 Å². The van der Waals surface area contributed by atoms with Crippen LogP contribution in [0.2, 0.25) is 0 Å². The van der Waals surface area contributed by atoms with Gasteiger partial charge in [0.25, 0.3) is 5.91 Å². The third-order valence-corrected chi connectivity index (χ3v) is 6.61. The molecular formula is C16H23BrN2OS. The number of rotatable bonds is 5. The minimum Gasteiger partial charge on any atom is -0.349 e. The van der Waals surface area contributed by atoms with Gasteiger partial charge in [0.1, 0.15) is 5.69 Å². The Morgan fingerprint density at radius 2 is 2.14 bits per heavy atom. The highest BCUT2D eigenvalue weighted by Crippen LogP contribution is 2.39. The Balaban J connectivity index is 1.66. The second-order valence-corrected chi connectivity index (χ2v) is 8.50. The van der Waals surface area contributed by atoms with Crippen LogP contribution in [0, 0.1) is 0 Å². The van der Waals surface area contributed by atoms with Crippen molar-refractivity contribution >= 4 is 33.6 Å². The fraction of sp³-hybridized carbons (Fsp3) is 0.688. The van der Waals surface area contributed by atoms with Crippen molar-refractivity contribution in [3.8, 4) is 0 Å². The van der Waals surface area contributed by atoms with Crippen molar-refractivity contribution in [2.45, 2.75) is 55.7 Å². The summed E-state index contributed by atoms with van der Waals surface area (Å²) in [6.07, 6.45) is 13.0. The van der Waals surface area contributed by atoms with Crippen molar-refractivity contribution < 1.29 is 4.79 Å². The normalized spacial score (nSPS) is 21.2. The Morgan fingerprint density at radius 3 is 2.76 bits per heavy atom. The Labute approximate surface area is 139 Å². The molecule has 3 nitrogen and oxygen atoms in total. The van der Waals surface area contributed by atoms with E-state index in [1.807, 2.05) is 24.0 Å². The molecule has 1 heterocycles. The van der Waals surface area contributed by atoms with Crippen LogP contribution >= 0.6 is 27.7 Å². The van der Waals surface area contributed by atoms with Crippen LogP contribution in [0.3, 0.4) is 0 Å². The maximum absolute atomic E-state index is 12.5. The van der Waals surface area contributed by atoms with E-state index in [0.29, 0.717) is 6.04 Å². The zero-order valence-corrected chi connectivity index (χ0v) is 14.9. The van der Waals surface area contributed by atoms with Gasteiger partial charge in [0.2, 0.25) is 0 Å². The van der Waals surface area contributed by atoms with Crippen LogP contribution in [0.15, 0.2) is 16.7 Å². The molecule has 0 aliphatic heterocycles. The molecule has 0 aromatic carbocycles. The van der Waals surface area contributed by atoms with E-state index in [4.69, 9.17) is 0 Å². The summed E-state index contributed by atoms with van der Waals surface area (Å²) in [7, 11) is 0. The summed E-state index contributed by atoms with van der Waals surface area (Å²) >= 11 is 5.42. The van der Waals surface area contributed by atoms with Crippen molar-refractivity contribution in [2.75, 3.05) is 12.8 Å². The topological polar surface area (TPSA) is 34.0 Å². The van der Waals surface area contributed by atoms with Crippen LogP contribution in [-0.2, 0) is 0 Å². The summed E-state index contributed by atoms with van der Waals surface area (Å²) in [4.78, 5) is 12.5. The molecule has 0 radical (unpaired) electrons. The van der Waals surface area contributed by atoms with E-state index in [1.54, 1.807) is 0 Å². The lowest BCUT2D eigenvalue weighted by atomic mass is 9.88. The summed E-state index contributed by atoms with van der Waals surface area (Å²) < 4.78 is 3.38. The monoisotopic (exact) mass is 370 g/mol. The molecule has 1 amide bonds. The van der Waals surface area contributed by atoms with E-state index < -0.39 is 0 Å². The standard InChI is InChI=1S/C16H23BrN2OS/c1-21-16(7-3-2-4-8-16)11-18-15(20)14-9-12(17)10-19(14)13-5-6-13/h9-10,13H,2-8,11H2,1H3,(H,18,20). The summed E-state index contributed by atoms with van der Waals surface area (Å²) in [6, 6.07) is 2.47. The Kier molecular flexibility index (Phi) is 4.69. The number of nitrogens with one attached hydrogen (secondary N) is 1. The fourth-order valence-electron chi connectivity index (χ4n) is 3.26. The molecule has 21 heavy (non-hydrogen) atoms. The first-order valence-electron chi connectivity index (χ1n) is 7.84. The first kappa shape index (κ1) is 15.5. The number of thioether (sulfide) groups is 1. The molecule has 0 unspecified atom stereocenters. The van der Waals surface area contributed by atoms with E-state index >= 15 is 0 Å². The molecule has 0 bridgehead atoms. The van der Waals surface area contributed by atoms with Gasteiger partial charge in [0, 0.05) is 28.0 Å². The zero-order chi connectivity index (χ0) is 14.9. The van der Waals surface area contributed by atoms with Crippen molar-refractivity contribution in [1.29, 1.82) is 0 Å². The smallest absolute Gasteiger partial charge is 0.268 e. The number of carbonyl (C=O) groups excluding carboxylic acids is 1. The zero-order valence-electron chi connectivity index (χ0n) is 12.5. The van der Waals surface area contributed by atoms with E-state index in [2.05, 4.69) is 32.1 Å². The number of halogens is 1. The average molecular weight is 371 g/mol. The van der Waals surface area contributed by atoms with Crippen LogP contribution in [0.4, 0.5) is 0 Å². The van der Waals surface area contributed by atoms with Gasteiger partial charge in [-0.25, -0.2) is 0 Å². The molecule has 3 rings (SSSR count). The number of nitrogens with zero attached hydrogens (tertiary/aromatic N) is 1. The third kappa shape index (κ3) is 3.50. The van der Waals surface area contributed by atoms with Crippen LogP contribution < -0.4 is 5.32 Å². The minimum atomic E-state index is 0.0756. The quantitative estimate of drug-likeness (QED) is 0.833. The SMILES string of the molecule is CSC1(CNC(=O)c2cc(Br)cn2C2CC2)CCCCC1. The predicted octanol–water partition coefficient (Wildman–Crippen LogP) is 4.38. The van der Waals surface area contributed by atoms with Gasteiger partial charge < -0.3 is 9.88 Å². The van der Waals surface area contributed by atoms with E-state index in [0.717, 1.165) is 16.7 Å². The largest absolute Gasteiger partial charge is 0.349 e. The molecule has 0 atom stereocenters. The molecular weight excluding hydrogens is 348 g/mol. The Bertz CT molecular complexity index is 518. The second-order valence-electron chi connectivity index (χ2n) is 6.31. The van der Waals surface area contributed by atoms with Crippen molar-refractivity contribution in [3.63, 3.8) is 0 Å². The minimum absolute atomic E-state index is 0.0756. The highest BCUT2D eigenvalue weighted by Gasteiger charge is 2.32. The van der Waals surface area contributed by atoms with Gasteiger partial charge in [-0.3, -0.25) is 4.79 Å². The molecule has 2 saturated carbocycles. The second kappa shape index (κ2) is 6.37. The molecule has 2 fully saturated rings. The lowest BCUT2D eigenvalue weighted by molar-refractivity contribution is 0.0937. The van der Waals surface area contributed by atoms with Gasteiger partial charge in [0.15, 0.2) is 0 Å². The number of amides is 1. The van der Waals surface area contributed by atoms with E-state index in [-0.39, 0.29) is 10.7 Å². The third-order valence-electron chi connectivity index (χ3n) is 4.76. The summed E-state index contributed by atoms with van der Waals surface area (Å²) in [5.41, 5.74) is 0.802. The summed E-state index contributed by atoms with van der Waals surface area (Å²) in [6.45, 7) is 0.792. The van der Waals surface area contributed by atoms with Crippen LogP contribution in [0.5, 0.6) is 0 Å². The van der Waals surface area contributed by atoms with E-state index in [1.165, 1.54) is 44.9 Å². The fourth-order valence-corrected chi connectivity index (χ4v) is 4.61. The van der Waals surface area contributed by atoms with Gasteiger partial charge in [-0.1, -0.05) is 19.3 Å². The molecule has 0 saturated heterocycles. The van der Waals surface area contributed by atoms with Gasteiger partial charge in [-0.2, -0.15) is 11.8 Å². The maximum Gasteiger partial charge on any atom is 0.268 e. The van der Waals surface area contributed by atoms with E-state index in [9.17, 15) is 4.79 Å². The van der Waals surface area contributed by atoms with Gasteiger partial charge in [0.05, 0.1) is 0 Å². The number of hydrogen-bond acceptors (Lipinski definition) is 2. The van der Waals surface area contributed by atoms with Crippen LogP contribution in [0.25, 0.3) is 0 Å². The Morgan fingerprint density at radius 1 is 1.43 bits per heavy atom. The molecule has 2 aliphatic rings. The summed E-state index contributed by atoms with van der Waals surface area (Å²) in [5.74, 6) is 0.0756. The number of aromatic nitrogens is 1. The molecule has 1 N–H and O–H groups in total. The Hall–Kier alpha value is -0.420. The maximum atomic E-state index is 12.5. The average Bonchev–Trinajstić information content (AvgIpc) is 3.28. The highest BCUT2D eigenvalue weighted by molar-refractivity contribution is 9.10. The molecule has 0 spiro atoms. The lowest BCUT2D eigenvalue weighted by Gasteiger charge is -2.35. The van der Waals surface area contributed by atoms with Gasteiger partial charge in [-0.05, 0) is 53.9 Å². The molecule has 116 valence electrons. The molecule has 5 heteroatoms. The highest BCUT2D eigenvalue weighted by atomic mass is 79.9. The number of hydrogen-bond donors (Lipinski definition) is 1. The molecule has 1 aromatic rings. The predicted molar refractivity (Wildman–Crippen MR) is 92.1 cm³/mol. The lowest BCUT2D eigenvalue weighted by Crippen LogP contribution is -2.42. The first-order chi connectivity index (χ1) is 10.1. The van der Waals surface area contributed by atoms with Crippen LogP contribution in [0.1, 0.15) is 61.5 Å². The van der Waals surface area contributed by atoms with Crippen LogP contribution in [-0.4, -0.2) is 28.0 Å². The summed E-state index contributed by atoms with van der Waals surface area (Å²) in [5, 5.41) is 3.20. The van der Waals surface area contributed by atoms with Crippen molar-refractivity contribution in [3.05, 3.63) is 22.4 Å².